The first-order valence-corrected chi connectivity index (χ1v) is 8.27. The molecule has 1 aliphatic heterocycles. The van der Waals surface area contributed by atoms with Gasteiger partial charge in [-0.3, -0.25) is 4.90 Å². The molecule has 1 fully saturated rings. The Balaban J connectivity index is 1.66. The number of hydrogen-bond acceptors (Lipinski definition) is 2. The van der Waals surface area contributed by atoms with E-state index >= 15 is 0 Å². The summed E-state index contributed by atoms with van der Waals surface area (Å²) in [5.74, 6) is 0. The second-order valence-corrected chi connectivity index (χ2v) is 7.10. The molecule has 0 bridgehead atoms. The highest BCUT2D eigenvalue weighted by Gasteiger charge is 2.23. The van der Waals surface area contributed by atoms with Crippen molar-refractivity contribution in [3.05, 3.63) is 35.9 Å². The molecule has 0 unspecified atom stereocenters. The van der Waals surface area contributed by atoms with Crippen molar-refractivity contribution in [1.82, 2.24) is 15.1 Å². The number of hydrogen-bond donors (Lipinski definition) is 1. The van der Waals surface area contributed by atoms with E-state index in [0.717, 1.165) is 39.1 Å². The third-order valence-corrected chi connectivity index (χ3v) is 3.92. The summed E-state index contributed by atoms with van der Waals surface area (Å²) in [7, 11) is 0. The SMILES string of the molecule is CC(C)(C)NC(=O)N1CCN(CCCc2ccccc2)CC1. The van der Waals surface area contributed by atoms with Gasteiger partial charge in [0.1, 0.15) is 0 Å². The molecular formula is C18H29N3O. The van der Waals surface area contributed by atoms with Crippen LogP contribution in [0.15, 0.2) is 30.3 Å². The number of carbonyl (C=O) groups is 1. The van der Waals surface area contributed by atoms with Crippen molar-refractivity contribution in [2.24, 2.45) is 0 Å². The molecule has 0 radical (unpaired) electrons. The minimum atomic E-state index is -0.163. The van der Waals surface area contributed by atoms with Crippen molar-refractivity contribution >= 4 is 6.03 Å². The van der Waals surface area contributed by atoms with Crippen LogP contribution in [0.25, 0.3) is 0 Å². The van der Waals surface area contributed by atoms with Crippen LogP contribution in [0.3, 0.4) is 0 Å². The molecule has 1 saturated heterocycles. The van der Waals surface area contributed by atoms with Gasteiger partial charge in [-0.25, -0.2) is 4.79 Å². The molecule has 0 aliphatic carbocycles. The summed E-state index contributed by atoms with van der Waals surface area (Å²) in [6.07, 6.45) is 2.31. The Hall–Kier alpha value is -1.55. The summed E-state index contributed by atoms with van der Waals surface area (Å²) in [5, 5.41) is 3.04. The van der Waals surface area contributed by atoms with Crippen LogP contribution in [0, 0.1) is 0 Å². The molecule has 0 aromatic heterocycles. The molecule has 4 heteroatoms. The maximum Gasteiger partial charge on any atom is 0.317 e. The zero-order chi connectivity index (χ0) is 16.0. The maximum absolute atomic E-state index is 12.1. The van der Waals surface area contributed by atoms with E-state index in [1.54, 1.807) is 0 Å². The van der Waals surface area contributed by atoms with Crippen LogP contribution >= 0.6 is 0 Å². The highest BCUT2D eigenvalue weighted by Crippen LogP contribution is 2.08. The van der Waals surface area contributed by atoms with Gasteiger partial charge in [0.15, 0.2) is 0 Å². The third kappa shape index (κ3) is 5.68. The lowest BCUT2D eigenvalue weighted by molar-refractivity contribution is 0.134. The zero-order valence-electron chi connectivity index (χ0n) is 14.1. The van der Waals surface area contributed by atoms with E-state index in [2.05, 4.69) is 40.5 Å². The van der Waals surface area contributed by atoms with Crippen molar-refractivity contribution < 1.29 is 4.79 Å². The highest BCUT2D eigenvalue weighted by molar-refractivity contribution is 5.75. The summed E-state index contributed by atoms with van der Waals surface area (Å²) in [4.78, 5) is 16.5. The number of benzene rings is 1. The van der Waals surface area contributed by atoms with Gasteiger partial charge < -0.3 is 10.2 Å². The van der Waals surface area contributed by atoms with E-state index in [4.69, 9.17) is 0 Å². The largest absolute Gasteiger partial charge is 0.333 e. The molecular weight excluding hydrogens is 274 g/mol. The van der Waals surface area contributed by atoms with E-state index in [9.17, 15) is 4.79 Å². The van der Waals surface area contributed by atoms with E-state index in [-0.39, 0.29) is 11.6 Å². The number of piperazine rings is 1. The average Bonchev–Trinajstić information content (AvgIpc) is 2.47. The smallest absolute Gasteiger partial charge is 0.317 e. The topological polar surface area (TPSA) is 35.6 Å². The van der Waals surface area contributed by atoms with Gasteiger partial charge in [-0.05, 0) is 45.7 Å². The summed E-state index contributed by atoms with van der Waals surface area (Å²) in [6, 6.07) is 10.7. The molecule has 1 aromatic carbocycles. The quantitative estimate of drug-likeness (QED) is 0.928. The molecule has 2 amide bonds. The molecule has 122 valence electrons. The number of nitrogens with one attached hydrogen (secondary N) is 1. The highest BCUT2D eigenvalue weighted by atomic mass is 16.2. The van der Waals surface area contributed by atoms with Crippen LogP contribution in [0.1, 0.15) is 32.8 Å². The van der Waals surface area contributed by atoms with Gasteiger partial charge in [-0.1, -0.05) is 30.3 Å². The molecule has 1 aliphatic rings. The molecule has 1 heterocycles. The summed E-state index contributed by atoms with van der Waals surface area (Å²) < 4.78 is 0. The van der Waals surface area contributed by atoms with Gasteiger partial charge in [-0.2, -0.15) is 0 Å². The first kappa shape index (κ1) is 16.8. The Kier molecular flexibility index (Phi) is 5.83. The normalized spacial score (nSPS) is 16.6. The first-order chi connectivity index (χ1) is 10.4. The Bertz CT molecular complexity index is 459. The van der Waals surface area contributed by atoms with Crippen molar-refractivity contribution in [3.63, 3.8) is 0 Å². The fourth-order valence-corrected chi connectivity index (χ4v) is 2.73. The van der Waals surface area contributed by atoms with Crippen LogP contribution < -0.4 is 5.32 Å². The Morgan fingerprint density at radius 3 is 2.32 bits per heavy atom. The van der Waals surface area contributed by atoms with Crippen LogP contribution in [0.2, 0.25) is 0 Å². The number of aryl methyl sites for hydroxylation is 1. The molecule has 1 N–H and O–H groups in total. The van der Waals surface area contributed by atoms with Crippen LogP contribution in [0.5, 0.6) is 0 Å². The second kappa shape index (κ2) is 7.63. The standard InChI is InChI=1S/C18H29N3O/c1-18(2,3)19-17(22)21-14-12-20(13-15-21)11-7-10-16-8-5-4-6-9-16/h4-6,8-9H,7,10-15H2,1-3H3,(H,19,22). The lowest BCUT2D eigenvalue weighted by atomic mass is 10.1. The summed E-state index contributed by atoms with van der Waals surface area (Å²) in [6.45, 7) is 10.8. The molecule has 2 rings (SSSR count). The molecule has 1 aromatic rings. The fraction of sp³-hybridized carbons (Fsp3) is 0.611. The van der Waals surface area contributed by atoms with Gasteiger partial charge in [0.05, 0.1) is 0 Å². The van der Waals surface area contributed by atoms with Gasteiger partial charge in [0.25, 0.3) is 0 Å². The Labute approximate surface area is 134 Å². The van der Waals surface area contributed by atoms with Crippen molar-refractivity contribution in [1.29, 1.82) is 0 Å². The minimum Gasteiger partial charge on any atom is -0.333 e. The van der Waals surface area contributed by atoms with Crippen molar-refractivity contribution in [2.75, 3.05) is 32.7 Å². The van der Waals surface area contributed by atoms with Gasteiger partial charge in [0.2, 0.25) is 0 Å². The molecule has 4 nitrogen and oxygen atoms in total. The predicted octanol–water partition coefficient (Wildman–Crippen LogP) is 2.74. The second-order valence-electron chi connectivity index (χ2n) is 7.10. The fourth-order valence-electron chi connectivity index (χ4n) is 2.73. The van der Waals surface area contributed by atoms with Crippen LogP contribution in [-0.4, -0.2) is 54.1 Å². The maximum atomic E-state index is 12.1. The lowest BCUT2D eigenvalue weighted by Gasteiger charge is -2.36. The van der Waals surface area contributed by atoms with Gasteiger partial charge in [0, 0.05) is 31.7 Å². The van der Waals surface area contributed by atoms with Gasteiger partial charge >= 0.3 is 6.03 Å². The van der Waals surface area contributed by atoms with Crippen molar-refractivity contribution in [2.45, 2.75) is 39.2 Å². The van der Waals surface area contributed by atoms with Crippen LogP contribution in [-0.2, 0) is 6.42 Å². The van der Waals surface area contributed by atoms with E-state index < -0.39 is 0 Å². The number of nitrogens with zero attached hydrogens (tertiary/aromatic N) is 2. The Morgan fingerprint density at radius 2 is 1.73 bits per heavy atom. The molecule has 0 spiro atoms. The average molecular weight is 303 g/mol. The van der Waals surface area contributed by atoms with E-state index in [0.29, 0.717) is 0 Å². The number of amides is 2. The summed E-state index contributed by atoms with van der Waals surface area (Å²) in [5.41, 5.74) is 1.25. The van der Waals surface area contributed by atoms with Crippen LogP contribution in [0.4, 0.5) is 4.79 Å². The molecule has 0 saturated carbocycles. The lowest BCUT2D eigenvalue weighted by Crippen LogP contribution is -2.55. The van der Waals surface area contributed by atoms with E-state index in [1.807, 2.05) is 25.7 Å². The number of rotatable bonds is 4. The third-order valence-electron chi connectivity index (χ3n) is 3.92. The number of carbonyl (C=O) groups excluding carboxylic acids is 1. The minimum absolute atomic E-state index is 0.0661. The number of urea groups is 1. The van der Waals surface area contributed by atoms with Crippen molar-refractivity contribution in [3.8, 4) is 0 Å². The van der Waals surface area contributed by atoms with Gasteiger partial charge in [-0.15, -0.1) is 0 Å². The molecule has 22 heavy (non-hydrogen) atoms. The Morgan fingerprint density at radius 1 is 1.09 bits per heavy atom. The first-order valence-electron chi connectivity index (χ1n) is 8.27. The monoisotopic (exact) mass is 303 g/mol. The summed E-state index contributed by atoms with van der Waals surface area (Å²) >= 11 is 0. The molecule has 0 atom stereocenters. The predicted molar refractivity (Wildman–Crippen MR) is 91.1 cm³/mol. The zero-order valence-corrected chi connectivity index (χ0v) is 14.1. The van der Waals surface area contributed by atoms with E-state index in [1.165, 1.54) is 12.0 Å².